The van der Waals surface area contributed by atoms with E-state index < -0.39 is 0 Å². The highest BCUT2D eigenvalue weighted by molar-refractivity contribution is 5.79. The summed E-state index contributed by atoms with van der Waals surface area (Å²) in [4.78, 5) is 4.36. The van der Waals surface area contributed by atoms with Crippen molar-refractivity contribution in [1.82, 2.24) is 4.98 Å². The number of hydrogen-bond donors (Lipinski definition) is 1. The fraction of sp³-hybridized carbons (Fsp3) is 0.150. The molecule has 25 heavy (non-hydrogen) atoms. The van der Waals surface area contributed by atoms with Crippen molar-refractivity contribution in [2.24, 2.45) is 0 Å². The zero-order valence-corrected chi connectivity index (χ0v) is 13.7. The molecule has 4 nitrogen and oxygen atoms in total. The number of aliphatic hydroxyl groups is 1. The van der Waals surface area contributed by atoms with Crippen molar-refractivity contribution in [3.63, 3.8) is 0 Å². The molecule has 2 aromatic carbocycles. The molecule has 1 unspecified atom stereocenters. The summed E-state index contributed by atoms with van der Waals surface area (Å²) >= 11 is 0. The van der Waals surface area contributed by atoms with E-state index in [9.17, 15) is 4.39 Å². The third-order valence-electron chi connectivity index (χ3n) is 3.51. The summed E-state index contributed by atoms with van der Waals surface area (Å²) < 4.78 is 24.6. The van der Waals surface area contributed by atoms with Crippen LogP contribution in [0.1, 0.15) is 6.92 Å². The van der Waals surface area contributed by atoms with Crippen LogP contribution in [0.4, 0.5) is 4.39 Å². The van der Waals surface area contributed by atoms with Gasteiger partial charge in [0.2, 0.25) is 5.88 Å². The molecule has 0 radical (unpaired) electrons. The van der Waals surface area contributed by atoms with Crippen molar-refractivity contribution < 1.29 is 19.0 Å². The van der Waals surface area contributed by atoms with E-state index in [-0.39, 0.29) is 18.5 Å². The molecule has 0 amide bonds. The molecular formula is C20H18FNO3. The minimum atomic E-state index is -0.290. The molecule has 5 heteroatoms. The van der Waals surface area contributed by atoms with Gasteiger partial charge in [0.15, 0.2) is 0 Å². The first-order chi connectivity index (χ1) is 12.1. The standard InChI is InChI=1S/C20H18FNO3/c1-14(3-2-12-23)24-17-6-8-18(9-7-17)25-20-11-4-15-13-16(21)5-10-19(15)22-20/h2-11,13-14,23H,12H2,1H3. The van der Waals surface area contributed by atoms with Gasteiger partial charge in [0, 0.05) is 11.5 Å². The fourth-order valence-corrected chi connectivity index (χ4v) is 2.35. The van der Waals surface area contributed by atoms with Gasteiger partial charge in [0.05, 0.1) is 12.1 Å². The highest BCUT2D eigenvalue weighted by Gasteiger charge is 2.04. The second-order valence-corrected chi connectivity index (χ2v) is 5.49. The highest BCUT2D eigenvalue weighted by Crippen LogP contribution is 2.25. The Morgan fingerprint density at radius 1 is 1.08 bits per heavy atom. The summed E-state index contributed by atoms with van der Waals surface area (Å²) in [5, 5.41) is 9.48. The summed E-state index contributed by atoms with van der Waals surface area (Å²) in [7, 11) is 0. The Labute approximate surface area is 145 Å². The van der Waals surface area contributed by atoms with E-state index in [0.29, 0.717) is 22.9 Å². The first kappa shape index (κ1) is 16.9. The average molecular weight is 339 g/mol. The van der Waals surface area contributed by atoms with Gasteiger partial charge in [-0.15, -0.1) is 0 Å². The number of ether oxygens (including phenoxy) is 2. The molecule has 0 aliphatic carbocycles. The first-order valence-corrected chi connectivity index (χ1v) is 7.92. The predicted molar refractivity (Wildman–Crippen MR) is 94.5 cm³/mol. The Kier molecular flexibility index (Phi) is 5.26. The molecule has 0 fully saturated rings. The number of aromatic nitrogens is 1. The molecule has 0 aliphatic heterocycles. The maximum atomic E-state index is 13.2. The van der Waals surface area contributed by atoms with Crippen molar-refractivity contribution in [2.45, 2.75) is 13.0 Å². The highest BCUT2D eigenvalue weighted by atomic mass is 19.1. The summed E-state index contributed by atoms with van der Waals surface area (Å²) in [6.45, 7) is 1.88. The van der Waals surface area contributed by atoms with Gasteiger partial charge in [-0.25, -0.2) is 9.37 Å². The minimum absolute atomic E-state index is 0.00806. The molecule has 3 rings (SSSR count). The van der Waals surface area contributed by atoms with Crippen LogP contribution in [0, 0.1) is 5.82 Å². The van der Waals surface area contributed by atoms with E-state index in [4.69, 9.17) is 14.6 Å². The van der Waals surface area contributed by atoms with Crippen LogP contribution < -0.4 is 9.47 Å². The summed E-state index contributed by atoms with van der Waals surface area (Å²) in [6, 6.07) is 15.1. The van der Waals surface area contributed by atoms with E-state index >= 15 is 0 Å². The maximum absolute atomic E-state index is 13.2. The lowest BCUT2D eigenvalue weighted by molar-refractivity contribution is 0.267. The molecule has 1 aromatic heterocycles. The van der Waals surface area contributed by atoms with Crippen molar-refractivity contribution in [3.8, 4) is 17.4 Å². The lowest BCUT2D eigenvalue weighted by Crippen LogP contribution is -2.08. The number of pyridine rings is 1. The van der Waals surface area contributed by atoms with E-state index in [2.05, 4.69) is 4.98 Å². The van der Waals surface area contributed by atoms with Crippen LogP contribution in [-0.4, -0.2) is 22.8 Å². The largest absolute Gasteiger partial charge is 0.487 e. The van der Waals surface area contributed by atoms with Gasteiger partial charge < -0.3 is 14.6 Å². The van der Waals surface area contributed by atoms with Crippen molar-refractivity contribution in [3.05, 3.63) is 72.6 Å². The van der Waals surface area contributed by atoms with Gasteiger partial charge in [0.1, 0.15) is 23.4 Å². The Hall–Kier alpha value is -2.92. The van der Waals surface area contributed by atoms with E-state index in [1.165, 1.54) is 12.1 Å². The lowest BCUT2D eigenvalue weighted by atomic mass is 10.2. The van der Waals surface area contributed by atoms with Crippen LogP contribution in [0.25, 0.3) is 10.9 Å². The van der Waals surface area contributed by atoms with Crippen molar-refractivity contribution in [2.75, 3.05) is 6.61 Å². The van der Waals surface area contributed by atoms with Gasteiger partial charge in [-0.3, -0.25) is 0 Å². The molecule has 0 saturated carbocycles. The third kappa shape index (κ3) is 4.55. The topological polar surface area (TPSA) is 51.6 Å². The summed E-state index contributed by atoms with van der Waals surface area (Å²) in [5.41, 5.74) is 0.670. The molecule has 1 atom stereocenters. The predicted octanol–water partition coefficient (Wildman–Crippen LogP) is 4.48. The van der Waals surface area contributed by atoms with Crippen molar-refractivity contribution in [1.29, 1.82) is 0 Å². The summed E-state index contributed by atoms with van der Waals surface area (Å²) in [6.07, 6.45) is 3.28. The van der Waals surface area contributed by atoms with Crippen LogP contribution in [0.2, 0.25) is 0 Å². The zero-order valence-electron chi connectivity index (χ0n) is 13.7. The number of aliphatic hydroxyl groups excluding tert-OH is 1. The maximum Gasteiger partial charge on any atom is 0.219 e. The number of fused-ring (bicyclic) bond motifs is 1. The molecule has 0 bridgehead atoms. The van der Waals surface area contributed by atoms with E-state index in [1.54, 1.807) is 54.6 Å². The van der Waals surface area contributed by atoms with Crippen LogP contribution >= 0.6 is 0 Å². The molecule has 1 N–H and O–H groups in total. The fourth-order valence-electron chi connectivity index (χ4n) is 2.35. The minimum Gasteiger partial charge on any atom is -0.487 e. The van der Waals surface area contributed by atoms with Crippen LogP contribution in [0.3, 0.4) is 0 Å². The smallest absolute Gasteiger partial charge is 0.219 e. The van der Waals surface area contributed by atoms with Gasteiger partial charge in [-0.05, 0) is 61.5 Å². The van der Waals surface area contributed by atoms with Crippen molar-refractivity contribution >= 4 is 10.9 Å². The Morgan fingerprint density at radius 3 is 2.60 bits per heavy atom. The Bertz CT molecular complexity index is 878. The third-order valence-corrected chi connectivity index (χ3v) is 3.51. The quantitative estimate of drug-likeness (QED) is 0.673. The molecule has 1 heterocycles. The van der Waals surface area contributed by atoms with Crippen LogP contribution in [0.15, 0.2) is 66.7 Å². The molecule has 0 aliphatic rings. The van der Waals surface area contributed by atoms with Gasteiger partial charge in [-0.2, -0.15) is 0 Å². The molecule has 3 aromatic rings. The van der Waals surface area contributed by atoms with E-state index in [1.807, 2.05) is 6.92 Å². The SMILES string of the molecule is CC(C=CCO)Oc1ccc(Oc2ccc3cc(F)ccc3n2)cc1. The average Bonchev–Trinajstić information content (AvgIpc) is 2.62. The van der Waals surface area contributed by atoms with Crippen LogP contribution in [-0.2, 0) is 0 Å². The van der Waals surface area contributed by atoms with Crippen LogP contribution in [0.5, 0.6) is 17.4 Å². The monoisotopic (exact) mass is 339 g/mol. The number of benzene rings is 2. The molecule has 0 spiro atoms. The second kappa shape index (κ2) is 7.77. The van der Waals surface area contributed by atoms with Gasteiger partial charge in [-0.1, -0.05) is 6.08 Å². The Morgan fingerprint density at radius 2 is 1.84 bits per heavy atom. The normalized spacial score (nSPS) is 12.4. The first-order valence-electron chi connectivity index (χ1n) is 7.92. The van der Waals surface area contributed by atoms with E-state index in [0.717, 1.165) is 5.39 Å². The number of nitrogens with zero attached hydrogens (tertiary/aromatic N) is 1. The Balaban J connectivity index is 1.69. The number of hydrogen-bond acceptors (Lipinski definition) is 4. The zero-order chi connectivity index (χ0) is 17.6. The molecular weight excluding hydrogens is 321 g/mol. The lowest BCUT2D eigenvalue weighted by Gasteiger charge is -2.11. The van der Waals surface area contributed by atoms with Gasteiger partial charge in [0.25, 0.3) is 0 Å². The number of rotatable bonds is 6. The molecule has 0 saturated heterocycles. The second-order valence-electron chi connectivity index (χ2n) is 5.49. The number of halogens is 1. The molecule has 128 valence electrons. The summed E-state index contributed by atoms with van der Waals surface area (Å²) in [5.74, 6) is 1.47. The van der Waals surface area contributed by atoms with Gasteiger partial charge >= 0.3 is 0 Å².